The van der Waals surface area contributed by atoms with Crippen LogP contribution >= 0.6 is 0 Å². The van der Waals surface area contributed by atoms with Crippen molar-refractivity contribution in [2.45, 2.75) is 19.5 Å². The zero-order valence-corrected chi connectivity index (χ0v) is 19.6. The molecule has 9 nitrogen and oxygen atoms in total. The summed E-state index contributed by atoms with van der Waals surface area (Å²) in [6, 6.07) is 14.3. The molecular formula is C26H28N4O5. The molecule has 0 atom stereocenters. The summed E-state index contributed by atoms with van der Waals surface area (Å²) in [4.78, 5) is 22.3. The lowest BCUT2D eigenvalue weighted by Crippen LogP contribution is -2.27. The fourth-order valence-corrected chi connectivity index (χ4v) is 4.16. The minimum atomic E-state index is -0.279. The predicted octanol–water partition coefficient (Wildman–Crippen LogP) is 3.51. The molecule has 2 aromatic carbocycles. The average molecular weight is 477 g/mol. The maximum absolute atomic E-state index is 12.3. The van der Waals surface area contributed by atoms with Gasteiger partial charge < -0.3 is 28.9 Å². The van der Waals surface area contributed by atoms with Crippen LogP contribution < -0.4 is 14.8 Å². The number of fused-ring (bicyclic) bond motifs is 2. The fourth-order valence-electron chi connectivity index (χ4n) is 4.16. The number of H-pyrrole nitrogens is 1. The standard InChI is InChI=1S/C26H28N4O5/c1-32-11-9-27-26(31)22-16-33-25(29-22)15-30(14-18-6-7-23-24(12-18)35-17-34-23)10-8-19-13-28-21-5-3-2-4-20(19)21/h2-7,12-13,16,28H,8-11,14-15,17H2,1H3,(H,27,31). The Balaban J connectivity index is 1.30. The number of methoxy groups -OCH3 is 1. The van der Waals surface area contributed by atoms with Crippen molar-refractivity contribution in [1.82, 2.24) is 20.2 Å². The van der Waals surface area contributed by atoms with Crippen molar-refractivity contribution in [2.24, 2.45) is 0 Å². The highest BCUT2D eigenvalue weighted by atomic mass is 16.7. The van der Waals surface area contributed by atoms with E-state index in [4.69, 9.17) is 18.6 Å². The molecule has 9 heteroatoms. The highest BCUT2D eigenvalue weighted by molar-refractivity contribution is 5.91. The van der Waals surface area contributed by atoms with Crippen LogP contribution in [0.1, 0.15) is 27.5 Å². The summed E-state index contributed by atoms with van der Waals surface area (Å²) in [5.41, 5.74) is 3.73. The van der Waals surface area contributed by atoms with E-state index in [0.717, 1.165) is 35.5 Å². The van der Waals surface area contributed by atoms with Gasteiger partial charge in [-0.1, -0.05) is 24.3 Å². The molecule has 0 saturated heterocycles. The molecule has 1 amide bonds. The summed E-state index contributed by atoms with van der Waals surface area (Å²) < 4.78 is 21.6. The molecule has 0 spiro atoms. The lowest BCUT2D eigenvalue weighted by Gasteiger charge is -2.21. The Bertz CT molecular complexity index is 1300. The second-order valence-electron chi connectivity index (χ2n) is 8.38. The third kappa shape index (κ3) is 5.47. The van der Waals surface area contributed by atoms with Gasteiger partial charge in [-0.05, 0) is 35.7 Å². The van der Waals surface area contributed by atoms with Gasteiger partial charge in [0.05, 0.1) is 13.2 Å². The Morgan fingerprint density at radius 3 is 2.97 bits per heavy atom. The van der Waals surface area contributed by atoms with Crippen molar-refractivity contribution in [3.63, 3.8) is 0 Å². The number of hydrogen-bond acceptors (Lipinski definition) is 7. The van der Waals surface area contributed by atoms with Crippen LogP contribution in [0.25, 0.3) is 10.9 Å². The van der Waals surface area contributed by atoms with Crippen molar-refractivity contribution in [3.8, 4) is 11.5 Å². The number of hydrogen-bond donors (Lipinski definition) is 2. The molecule has 3 heterocycles. The van der Waals surface area contributed by atoms with E-state index < -0.39 is 0 Å². The molecule has 0 radical (unpaired) electrons. The first-order valence-electron chi connectivity index (χ1n) is 11.6. The van der Waals surface area contributed by atoms with E-state index in [1.54, 1.807) is 7.11 Å². The van der Waals surface area contributed by atoms with Crippen LogP contribution in [0.5, 0.6) is 11.5 Å². The second kappa shape index (κ2) is 10.6. The molecule has 35 heavy (non-hydrogen) atoms. The number of carbonyl (C=O) groups is 1. The summed E-state index contributed by atoms with van der Waals surface area (Å²) in [6.45, 7) is 2.99. The summed E-state index contributed by atoms with van der Waals surface area (Å²) in [7, 11) is 1.59. The van der Waals surface area contributed by atoms with Crippen molar-refractivity contribution in [2.75, 3.05) is 33.6 Å². The monoisotopic (exact) mass is 476 g/mol. The summed E-state index contributed by atoms with van der Waals surface area (Å²) in [6.07, 6.45) is 4.31. The Hall–Kier alpha value is -3.82. The number of para-hydroxylation sites is 1. The van der Waals surface area contributed by atoms with Crippen LogP contribution in [-0.2, 0) is 24.2 Å². The minimum Gasteiger partial charge on any atom is -0.454 e. The summed E-state index contributed by atoms with van der Waals surface area (Å²) >= 11 is 0. The number of aromatic amines is 1. The van der Waals surface area contributed by atoms with Gasteiger partial charge >= 0.3 is 0 Å². The molecule has 0 aliphatic carbocycles. The number of aromatic nitrogens is 2. The van der Waals surface area contributed by atoms with Gasteiger partial charge in [-0.2, -0.15) is 0 Å². The molecule has 5 rings (SSSR count). The number of nitrogens with one attached hydrogen (secondary N) is 2. The van der Waals surface area contributed by atoms with Gasteiger partial charge in [0, 0.05) is 43.8 Å². The maximum Gasteiger partial charge on any atom is 0.273 e. The molecule has 182 valence electrons. The number of ether oxygens (including phenoxy) is 3. The van der Waals surface area contributed by atoms with Crippen molar-refractivity contribution < 1.29 is 23.4 Å². The highest BCUT2D eigenvalue weighted by Crippen LogP contribution is 2.33. The Morgan fingerprint density at radius 1 is 1.17 bits per heavy atom. The molecule has 1 aliphatic rings. The third-order valence-corrected chi connectivity index (χ3v) is 5.95. The van der Waals surface area contributed by atoms with Crippen LogP contribution in [0.3, 0.4) is 0 Å². The Labute approximate surface area is 203 Å². The number of carbonyl (C=O) groups excluding carboxylic acids is 1. The fraction of sp³-hybridized carbons (Fsp3) is 0.308. The number of benzene rings is 2. The molecule has 0 fully saturated rings. The SMILES string of the molecule is COCCNC(=O)c1coc(CN(CCc2c[nH]c3ccccc23)Cc2ccc3c(c2)OCO3)n1. The first-order chi connectivity index (χ1) is 17.2. The average Bonchev–Trinajstić information content (AvgIpc) is 3.62. The summed E-state index contributed by atoms with van der Waals surface area (Å²) in [5.74, 6) is 1.72. The van der Waals surface area contributed by atoms with E-state index in [9.17, 15) is 4.79 Å². The Morgan fingerprint density at radius 2 is 2.06 bits per heavy atom. The van der Waals surface area contributed by atoms with Gasteiger partial charge in [-0.25, -0.2) is 4.98 Å². The first kappa shape index (κ1) is 22.9. The van der Waals surface area contributed by atoms with Crippen molar-refractivity contribution in [3.05, 3.63) is 77.6 Å². The van der Waals surface area contributed by atoms with Gasteiger partial charge in [-0.15, -0.1) is 0 Å². The van der Waals surface area contributed by atoms with E-state index in [1.807, 2.05) is 24.3 Å². The third-order valence-electron chi connectivity index (χ3n) is 5.95. The van der Waals surface area contributed by atoms with Crippen molar-refractivity contribution >= 4 is 16.8 Å². The number of rotatable bonds is 11. The van der Waals surface area contributed by atoms with E-state index >= 15 is 0 Å². The maximum atomic E-state index is 12.3. The number of amides is 1. The molecule has 2 aromatic heterocycles. The minimum absolute atomic E-state index is 0.245. The normalized spacial score (nSPS) is 12.5. The van der Waals surface area contributed by atoms with Crippen LogP contribution in [0.4, 0.5) is 0 Å². The quantitative estimate of drug-likeness (QED) is 0.320. The topological polar surface area (TPSA) is 102 Å². The molecule has 0 saturated carbocycles. The molecular weight excluding hydrogens is 448 g/mol. The molecule has 4 aromatic rings. The van der Waals surface area contributed by atoms with Crippen LogP contribution in [0.2, 0.25) is 0 Å². The lowest BCUT2D eigenvalue weighted by molar-refractivity contribution is 0.0932. The van der Waals surface area contributed by atoms with E-state index in [1.165, 1.54) is 17.2 Å². The largest absolute Gasteiger partial charge is 0.454 e. The van der Waals surface area contributed by atoms with Crippen LogP contribution in [-0.4, -0.2) is 54.4 Å². The second-order valence-corrected chi connectivity index (χ2v) is 8.38. The van der Waals surface area contributed by atoms with Gasteiger partial charge in [-0.3, -0.25) is 9.69 Å². The van der Waals surface area contributed by atoms with Crippen molar-refractivity contribution in [1.29, 1.82) is 0 Å². The summed E-state index contributed by atoms with van der Waals surface area (Å²) in [5, 5.41) is 3.99. The smallest absolute Gasteiger partial charge is 0.273 e. The van der Waals surface area contributed by atoms with Gasteiger partial charge in [0.1, 0.15) is 6.26 Å². The van der Waals surface area contributed by atoms with Gasteiger partial charge in [0.25, 0.3) is 5.91 Å². The first-order valence-corrected chi connectivity index (χ1v) is 11.6. The zero-order chi connectivity index (χ0) is 24.0. The van der Waals surface area contributed by atoms with E-state index in [2.05, 4.69) is 44.6 Å². The van der Waals surface area contributed by atoms with Crippen LogP contribution in [0, 0.1) is 0 Å². The van der Waals surface area contributed by atoms with Gasteiger partial charge in [0.2, 0.25) is 12.7 Å². The molecule has 0 bridgehead atoms. The molecule has 1 aliphatic heterocycles. The van der Waals surface area contributed by atoms with Crippen LogP contribution in [0.15, 0.2) is 59.3 Å². The van der Waals surface area contributed by atoms with E-state index in [-0.39, 0.29) is 18.4 Å². The number of nitrogens with zero attached hydrogens (tertiary/aromatic N) is 2. The highest BCUT2D eigenvalue weighted by Gasteiger charge is 2.18. The van der Waals surface area contributed by atoms with E-state index in [0.29, 0.717) is 32.1 Å². The molecule has 0 unspecified atom stereocenters. The Kier molecular flexibility index (Phi) is 6.97. The van der Waals surface area contributed by atoms with Gasteiger partial charge in [0.15, 0.2) is 17.2 Å². The zero-order valence-electron chi connectivity index (χ0n) is 19.6. The molecule has 2 N–H and O–H groups in total. The number of oxazole rings is 1. The lowest BCUT2D eigenvalue weighted by atomic mass is 10.1. The predicted molar refractivity (Wildman–Crippen MR) is 129 cm³/mol.